The van der Waals surface area contributed by atoms with Gasteiger partial charge in [-0.05, 0) is 85.5 Å². The summed E-state index contributed by atoms with van der Waals surface area (Å²) in [6, 6.07) is 21.3. The van der Waals surface area contributed by atoms with Gasteiger partial charge in [0, 0.05) is 5.56 Å². The first-order valence-electron chi connectivity index (χ1n) is 12.6. The predicted octanol–water partition coefficient (Wildman–Crippen LogP) is 8.55. The third-order valence-corrected chi connectivity index (χ3v) is 5.86. The molecule has 0 heterocycles. The second-order valence-electron chi connectivity index (χ2n) is 8.90. The number of allylic oxidation sites excluding steroid dienone is 2. The summed E-state index contributed by atoms with van der Waals surface area (Å²) in [7, 11) is 0. The van der Waals surface area contributed by atoms with E-state index in [0.717, 1.165) is 54.1 Å². The van der Waals surface area contributed by atoms with Crippen molar-refractivity contribution in [2.45, 2.75) is 45.4 Å². The molecule has 0 saturated heterocycles. The first kappa shape index (κ1) is 26.9. The molecule has 3 nitrogen and oxygen atoms in total. The van der Waals surface area contributed by atoms with E-state index in [1.165, 1.54) is 49.6 Å². The molecule has 3 aromatic rings. The van der Waals surface area contributed by atoms with Gasteiger partial charge < -0.3 is 9.47 Å². The highest BCUT2D eigenvalue weighted by Gasteiger charge is 2.02. The molecule has 0 N–H and O–H groups in total. The maximum Gasteiger partial charge on any atom is 0.185 e. The topological polar surface area (TPSA) is 35.5 Å². The Morgan fingerprint density at radius 3 is 1.72 bits per heavy atom. The molecule has 0 aliphatic carbocycles. The molecule has 0 aromatic heterocycles. The summed E-state index contributed by atoms with van der Waals surface area (Å²) in [5, 5.41) is 0. The zero-order valence-corrected chi connectivity index (χ0v) is 21.0. The maximum absolute atomic E-state index is 13.0. The number of ketones is 1. The van der Waals surface area contributed by atoms with Gasteiger partial charge in [0.15, 0.2) is 5.78 Å². The van der Waals surface area contributed by atoms with Crippen molar-refractivity contribution < 1.29 is 18.7 Å². The van der Waals surface area contributed by atoms with Crippen molar-refractivity contribution in [2.75, 3.05) is 13.2 Å². The van der Waals surface area contributed by atoms with E-state index < -0.39 is 0 Å². The van der Waals surface area contributed by atoms with Gasteiger partial charge in [0.1, 0.15) is 17.3 Å². The fraction of sp³-hybridized carbons (Fsp3) is 0.281. The Bertz CT molecular complexity index is 1110. The van der Waals surface area contributed by atoms with Crippen molar-refractivity contribution in [1.82, 2.24) is 0 Å². The van der Waals surface area contributed by atoms with Crippen molar-refractivity contribution in [3.8, 4) is 11.5 Å². The van der Waals surface area contributed by atoms with Crippen LogP contribution in [0, 0.1) is 5.82 Å². The molecule has 4 heteroatoms. The molecule has 0 unspecified atom stereocenters. The minimum atomic E-state index is -0.353. The number of carbonyl (C=O) groups excluding carboxylic acids is 1. The molecule has 36 heavy (non-hydrogen) atoms. The Morgan fingerprint density at radius 2 is 1.19 bits per heavy atom. The van der Waals surface area contributed by atoms with E-state index in [1.807, 2.05) is 55.5 Å². The molecule has 0 spiro atoms. The predicted molar refractivity (Wildman–Crippen MR) is 146 cm³/mol. The van der Waals surface area contributed by atoms with Gasteiger partial charge in [-0.1, -0.05) is 68.2 Å². The summed E-state index contributed by atoms with van der Waals surface area (Å²) in [5.41, 5.74) is 3.58. The number of benzene rings is 3. The lowest BCUT2D eigenvalue weighted by Crippen LogP contribution is -1.98. The number of rotatable bonds is 15. The second-order valence-corrected chi connectivity index (χ2v) is 8.90. The van der Waals surface area contributed by atoms with Crippen molar-refractivity contribution in [2.24, 2.45) is 0 Å². The lowest BCUT2D eigenvalue weighted by atomic mass is 10.1. The van der Waals surface area contributed by atoms with Gasteiger partial charge in [0.05, 0.1) is 13.2 Å². The van der Waals surface area contributed by atoms with Gasteiger partial charge in [-0.15, -0.1) is 0 Å². The number of hydrogen-bond donors (Lipinski definition) is 0. The van der Waals surface area contributed by atoms with E-state index in [-0.39, 0.29) is 11.6 Å². The van der Waals surface area contributed by atoms with Crippen LogP contribution in [-0.2, 0) is 0 Å². The van der Waals surface area contributed by atoms with Crippen LogP contribution in [-0.4, -0.2) is 19.0 Å². The molecule has 0 fully saturated rings. The fourth-order valence-electron chi connectivity index (χ4n) is 3.68. The minimum absolute atomic E-state index is 0.156. The van der Waals surface area contributed by atoms with Crippen LogP contribution in [0.5, 0.6) is 11.5 Å². The quantitative estimate of drug-likeness (QED) is 0.123. The molecule has 0 saturated carbocycles. The SMILES string of the molecule is C=C(C)c1ccc(OCCCCCCCCOc2ccc(C=CC(=O)c3ccc(F)cc3)cc2)cc1. The Balaban J connectivity index is 1.22. The molecule has 188 valence electrons. The smallest absolute Gasteiger partial charge is 0.185 e. The molecule has 0 aliphatic rings. The first-order valence-corrected chi connectivity index (χ1v) is 12.6. The zero-order chi connectivity index (χ0) is 25.6. The van der Waals surface area contributed by atoms with E-state index in [2.05, 4.69) is 6.58 Å². The summed E-state index contributed by atoms with van der Waals surface area (Å²) in [4.78, 5) is 12.1. The Labute approximate surface area is 214 Å². The van der Waals surface area contributed by atoms with Crippen LogP contribution in [0.2, 0.25) is 0 Å². The Morgan fingerprint density at radius 1 is 0.722 bits per heavy atom. The van der Waals surface area contributed by atoms with Gasteiger partial charge >= 0.3 is 0 Å². The van der Waals surface area contributed by atoms with Crippen LogP contribution < -0.4 is 9.47 Å². The standard InChI is InChI=1S/C32H35FO3/c1-25(2)27-14-20-31(21-15-27)36-24-8-6-4-3-5-7-23-35-30-18-9-26(10-19-30)11-22-32(34)28-12-16-29(33)17-13-28/h9-22H,1,3-8,23-24H2,2H3. The molecule has 0 atom stereocenters. The molecule has 0 radical (unpaired) electrons. The molecule has 0 amide bonds. The van der Waals surface area contributed by atoms with E-state index in [0.29, 0.717) is 12.2 Å². The third-order valence-electron chi connectivity index (χ3n) is 5.86. The number of unbranched alkanes of at least 4 members (excludes halogenated alkanes) is 5. The zero-order valence-electron chi connectivity index (χ0n) is 21.0. The highest BCUT2D eigenvalue weighted by molar-refractivity contribution is 6.06. The average molecular weight is 487 g/mol. The van der Waals surface area contributed by atoms with Crippen molar-refractivity contribution in [1.29, 1.82) is 0 Å². The molecule has 3 rings (SSSR count). The highest BCUT2D eigenvalue weighted by Crippen LogP contribution is 2.18. The summed E-state index contributed by atoms with van der Waals surface area (Å²) >= 11 is 0. The summed E-state index contributed by atoms with van der Waals surface area (Å²) in [6.45, 7) is 7.40. The van der Waals surface area contributed by atoms with Gasteiger partial charge in [-0.2, -0.15) is 0 Å². The highest BCUT2D eigenvalue weighted by atomic mass is 19.1. The Kier molecular flexibility index (Phi) is 11.0. The molecular formula is C32H35FO3. The van der Waals surface area contributed by atoms with Gasteiger partial charge in [-0.25, -0.2) is 4.39 Å². The van der Waals surface area contributed by atoms with Crippen molar-refractivity contribution in [3.63, 3.8) is 0 Å². The number of halogens is 1. The molecule has 3 aromatic carbocycles. The van der Waals surface area contributed by atoms with E-state index in [9.17, 15) is 9.18 Å². The number of hydrogen-bond acceptors (Lipinski definition) is 3. The fourth-order valence-corrected chi connectivity index (χ4v) is 3.68. The van der Waals surface area contributed by atoms with Gasteiger partial charge in [0.25, 0.3) is 0 Å². The molecule has 0 bridgehead atoms. The lowest BCUT2D eigenvalue weighted by Gasteiger charge is -2.08. The lowest BCUT2D eigenvalue weighted by molar-refractivity contribution is 0.104. The van der Waals surface area contributed by atoms with Gasteiger partial charge in [0.2, 0.25) is 0 Å². The van der Waals surface area contributed by atoms with E-state index in [1.54, 1.807) is 6.08 Å². The first-order chi connectivity index (χ1) is 17.5. The van der Waals surface area contributed by atoms with Crippen LogP contribution in [0.25, 0.3) is 11.6 Å². The second kappa shape index (κ2) is 14.7. The minimum Gasteiger partial charge on any atom is -0.494 e. The monoisotopic (exact) mass is 486 g/mol. The normalized spacial score (nSPS) is 10.9. The van der Waals surface area contributed by atoms with Crippen molar-refractivity contribution >= 4 is 17.4 Å². The number of ether oxygens (including phenoxy) is 2. The number of carbonyl (C=O) groups is 1. The maximum atomic E-state index is 13.0. The van der Waals surface area contributed by atoms with Crippen LogP contribution in [0.4, 0.5) is 4.39 Å². The van der Waals surface area contributed by atoms with Crippen LogP contribution in [0.1, 0.15) is 66.9 Å². The third kappa shape index (κ3) is 9.53. The van der Waals surface area contributed by atoms with Crippen molar-refractivity contribution in [3.05, 3.63) is 108 Å². The summed E-state index contributed by atoms with van der Waals surface area (Å²) in [6.07, 6.45) is 10.1. The van der Waals surface area contributed by atoms with E-state index >= 15 is 0 Å². The van der Waals surface area contributed by atoms with E-state index in [4.69, 9.17) is 9.47 Å². The molecular weight excluding hydrogens is 451 g/mol. The largest absolute Gasteiger partial charge is 0.494 e. The summed E-state index contributed by atoms with van der Waals surface area (Å²) < 4.78 is 24.6. The van der Waals surface area contributed by atoms with Gasteiger partial charge in [-0.3, -0.25) is 4.79 Å². The van der Waals surface area contributed by atoms with Crippen LogP contribution in [0.15, 0.2) is 85.5 Å². The average Bonchev–Trinajstić information content (AvgIpc) is 2.89. The van der Waals surface area contributed by atoms with Crippen LogP contribution in [0.3, 0.4) is 0 Å². The molecule has 0 aliphatic heterocycles. The Hall–Kier alpha value is -3.66. The van der Waals surface area contributed by atoms with Crippen LogP contribution >= 0.6 is 0 Å². The summed E-state index contributed by atoms with van der Waals surface area (Å²) in [5.74, 6) is 1.23.